The van der Waals surface area contributed by atoms with Crippen molar-refractivity contribution in [3.05, 3.63) is 23.6 Å². The number of anilines is 1. The standard InChI is InChI=1S/C16H23ClN4O2/c1-9(2)8-10-5-6-11(14(23)13(10)22)18-15-12-4-3-7-21(12)20-16(17)19-15/h3-4,7,9-11,13-14,22-23H,5-6,8H2,1-2H3,(H,18,19,20). The predicted octanol–water partition coefficient (Wildman–Crippen LogP) is 2.34. The second-order valence-corrected chi connectivity index (χ2v) is 7.10. The molecule has 3 N–H and O–H groups in total. The van der Waals surface area contributed by atoms with E-state index in [-0.39, 0.29) is 17.2 Å². The Bertz CT molecular complexity index is 675. The molecule has 1 aliphatic carbocycles. The van der Waals surface area contributed by atoms with Crippen LogP contribution in [0.3, 0.4) is 0 Å². The van der Waals surface area contributed by atoms with Gasteiger partial charge in [0.25, 0.3) is 0 Å². The maximum Gasteiger partial charge on any atom is 0.243 e. The molecule has 2 aromatic heterocycles. The highest BCUT2D eigenvalue weighted by atomic mass is 35.5. The van der Waals surface area contributed by atoms with Crippen molar-refractivity contribution in [2.24, 2.45) is 11.8 Å². The summed E-state index contributed by atoms with van der Waals surface area (Å²) in [5.41, 5.74) is 0.792. The van der Waals surface area contributed by atoms with Gasteiger partial charge < -0.3 is 15.5 Å². The van der Waals surface area contributed by atoms with Gasteiger partial charge in [0.2, 0.25) is 5.28 Å². The second kappa shape index (κ2) is 6.63. The van der Waals surface area contributed by atoms with E-state index in [0.29, 0.717) is 11.7 Å². The Hall–Kier alpha value is -1.37. The number of fused-ring (bicyclic) bond motifs is 1. The Balaban J connectivity index is 1.76. The fourth-order valence-corrected chi connectivity index (χ4v) is 3.63. The van der Waals surface area contributed by atoms with Gasteiger partial charge in [0, 0.05) is 6.20 Å². The summed E-state index contributed by atoms with van der Waals surface area (Å²) in [7, 11) is 0. The Morgan fingerprint density at radius 3 is 2.87 bits per heavy atom. The highest BCUT2D eigenvalue weighted by molar-refractivity contribution is 6.28. The fourth-order valence-electron chi connectivity index (χ4n) is 3.46. The molecule has 0 bridgehead atoms. The normalized spacial score (nSPS) is 28.4. The highest BCUT2D eigenvalue weighted by Gasteiger charge is 2.37. The molecular weight excluding hydrogens is 316 g/mol. The number of nitrogens with zero attached hydrogens (tertiary/aromatic N) is 3. The van der Waals surface area contributed by atoms with Crippen LogP contribution in [0.25, 0.3) is 5.52 Å². The van der Waals surface area contributed by atoms with E-state index in [1.165, 1.54) is 0 Å². The molecule has 7 heteroatoms. The monoisotopic (exact) mass is 338 g/mol. The summed E-state index contributed by atoms with van der Waals surface area (Å²) >= 11 is 5.95. The SMILES string of the molecule is CC(C)CC1CCC(Nc2nc(Cl)nn3cccc23)C(O)C1O. The zero-order valence-corrected chi connectivity index (χ0v) is 14.1. The largest absolute Gasteiger partial charge is 0.390 e. The first-order chi connectivity index (χ1) is 11.0. The molecule has 1 aliphatic rings. The molecule has 3 rings (SSSR count). The summed E-state index contributed by atoms with van der Waals surface area (Å²) in [5, 5.41) is 28.4. The third-order valence-corrected chi connectivity index (χ3v) is 4.72. The molecule has 1 saturated carbocycles. The summed E-state index contributed by atoms with van der Waals surface area (Å²) in [6, 6.07) is 3.49. The number of rotatable bonds is 4. The lowest BCUT2D eigenvalue weighted by molar-refractivity contribution is -0.0560. The van der Waals surface area contributed by atoms with Crippen molar-refractivity contribution in [2.45, 2.75) is 51.4 Å². The van der Waals surface area contributed by atoms with E-state index in [0.717, 1.165) is 24.8 Å². The summed E-state index contributed by atoms with van der Waals surface area (Å²) in [6.45, 7) is 4.27. The van der Waals surface area contributed by atoms with Gasteiger partial charge in [-0.1, -0.05) is 13.8 Å². The van der Waals surface area contributed by atoms with E-state index >= 15 is 0 Å². The van der Waals surface area contributed by atoms with Crippen LogP contribution in [-0.4, -0.2) is 43.1 Å². The zero-order chi connectivity index (χ0) is 16.6. The lowest BCUT2D eigenvalue weighted by Crippen LogP contribution is -2.50. The second-order valence-electron chi connectivity index (χ2n) is 6.77. The van der Waals surface area contributed by atoms with Crippen LogP contribution in [-0.2, 0) is 0 Å². The number of halogens is 1. The van der Waals surface area contributed by atoms with Crippen molar-refractivity contribution in [1.29, 1.82) is 0 Å². The number of aliphatic hydroxyl groups excluding tert-OH is 2. The molecule has 0 aliphatic heterocycles. The van der Waals surface area contributed by atoms with Crippen molar-refractivity contribution < 1.29 is 10.2 Å². The summed E-state index contributed by atoms with van der Waals surface area (Å²) in [4.78, 5) is 4.22. The van der Waals surface area contributed by atoms with Crippen LogP contribution in [0.5, 0.6) is 0 Å². The Labute approximate surface area is 140 Å². The highest BCUT2D eigenvalue weighted by Crippen LogP contribution is 2.32. The van der Waals surface area contributed by atoms with Crippen LogP contribution in [0, 0.1) is 11.8 Å². The molecule has 0 spiro atoms. The van der Waals surface area contributed by atoms with Gasteiger partial charge in [-0.05, 0) is 54.8 Å². The molecule has 0 radical (unpaired) electrons. The molecule has 4 atom stereocenters. The molecule has 126 valence electrons. The molecule has 4 unspecified atom stereocenters. The summed E-state index contributed by atoms with van der Waals surface area (Å²) < 4.78 is 1.64. The van der Waals surface area contributed by atoms with Crippen LogP contribution >= 0.6 is 11.6 Å². The first-order valence-corrected chi connectivity index (χ1v) is 8.47. The molecular formula is C16H23ClN4O2. The van der Waals surface area contributed by atoms with Crippen LogP contribution < -0.4 is 5.32 Å². The number of hydrogen-bond acceptors (Lipinski definition) is 5. The molecule has 2 aromatic rings. The Kier molecular flexibility index (Phi) is 4.75. The maximum atomic E-state index is 10.5. The van der Waals surface area contributed by atoms with Gasteiger partial charge in [-0.25, -0.2) is 4.52 Å². The average molecular weight is 339 g/mol. The molecule has 0 aromatic carbocycles. The van der Waals surface area contributed by atoms with Crippen molar-refractivity contribution in [1.82, 2.24) is 14.6 Å². The third-order valence-electron chi connectivity index (χ3n) is 4.55. The smallest absolute Gasteiger partial charge is 0.243 e. The van der Waals surface area contributed by atoms with Crippen molar-refractivity contribution in [2.75, 3.05) is 5.32 Å². The minimum atomic E-state index is -0.823. The van der Waals surface area contributed by atoms with Crippen molar-refractivity contribution in [3.63, 3.8) is 0 Å². The third kappa shape index (κ3) is 3.44. The molecule has 0 saturated heterocycles. The maximum absolute atomic E-state index is 10.5. The van der Waals surface area contributed by atoms with Crippen molar-refractivity contribution >= 4 is 22.9 Å². The Morgan fingerprint density at radius 1 is 1.35 bits per heavy atom. The minimum Gasteiger partial charge on any atom is -0.390 e. The summed E-state index contributed by atoms with van der Waals surface area (Å²) in [6.07, 6.45) is 2.83. The van der Waals surface area contributed by atoms with Gasteiger partial charge >= 0.3 is 0 Å². The van der Waals surface area contributed by atoms with Gasteiger partial charge in [0.15, 0.2) is 5.82 Å². The van der Waals surface area contributed by atoms with E-state index in [1.807, 2.05) is 12.1 Å². The predicted molar refractivity (Wildman–Crippen MR) is 89.6 cm³/mol. The molecule has 23 heavy (non-hydrogen) atoms. The van der Waals surface area contributed by atoms with E-state index in [9.17, 15) is 10.2 Å². The van der Waals surface area contributed by atoms with Crippen LogP contribution in [0.15, 0.2) is 18.3 Å². The average Bonchev–Trinajstić information content (AvgIpc) is 2.94. The van der Waals surface area contributed by atoms with Crippen LogP contribution in [0.4, 0.5) is 5.82 Å². The topological polar surface area (TPSA) is 82.7 Å². The molecule has 0 amide bonds. The molecule has 6 nitrogen and oxygen atoms in total. The zero-order valence-electron chi connectivity index (χ0n) is 13.4. The molecule has 1 fully saturated rings. The van der Waals surface area contributed by atoms with Gasteiger partial charge in [-0.3, -0.25) is 0 Å². The van der Waals surface area contributed by atoms with Crippen LogP contribution in [0.2, 0.25) is 5.28 Å². The number of aromatic nitrogens is 3. The van der Waals surface area contributed by atoms with Gasteiger partial charge in [0.1, 0.15) is 11.6 Å². The molecule has 2 heterocycles. The Morgan fingerprint density at radius 2 is 2.13 bits per heavy atom. The number of nitrogens with one attached hydrogen (secondary N) is 1. The van der Waals surface area contributed by atoms with Gasteiger partial charge in [-0.2, -0.15) is 4.98 Å². The lowest BCUT2D eigenvalue weighted by Gasteiger charge is -2.38. The number of hydrogen-bond donors (Lipinski definition) is 3. The van der Waals surface area contributed by atoms with Crippen molar-refractivity contribution in [3.8, 4) is 0 Å². The number of aliphatic hydroxyl groups is 2. The summed E-state index contributed by atoms with van der Waals surface area (Å²) in [5.74, 6) is 1.23. The van der Waals surface area contributed by atoms with E-state index in [2.05, 4.69) is 29.2 Å². The first kappa shape index (κ1) is 16.5. The minimum absolute atomic E-state index is 0.139. The van der Waals surface area contributed by atoms with E-state index in [1.54, 1.807) is 10.7 Å². The van der Waals surface area contributed by atoms with Crippen LogP contribution in [0.1, 0.15) is 33.1 Å². The van der Waals surface area contributed by atoms with E-state index in [4.69, 9.17) is 11.6 Å². The fraction of sp³-hybridized carbons (Fsp3) is 0.625. The first-order valence-electron chi connectivity index (χ1n) is 8.09. The van der Waals surface area contributed by atoms with E-state index < -0.39 is 12.2 Å². The van der Waals surface area contributed by atoms with Gasteiger partial charge in [0.05, 0.1) is 12.1 Å². The van der Waals surface area contributed by atoms with Gasteiger partial charge in [-0.15, -0.1) is 5.10 Å². The lowest BCUT2D eigenvalue weighted by atomic mass is 9.77. The quantitative estimate of drug-likeness (QED) is 0.797.